The van der Waals surface area contributed by atoms with Crippen LogP contribution in [0.2, 0.25) is 0 Å². The van der Waals surface area contributed by atoms with Crippen LogP contribution in [0.15, 0.2) is 24.3 Å². The number of rotatable bonds is 4. The Kier molecular flexibility index (Phi) is 4.41. The summed E-state index contributed by atoms with van der Waals surface area (Å²) in [4.78, 5) is 14.1. The quantitative estimate of drug-likeness (QED) is 0.641. The van der Waals surface area contributed by atoms with Crippen molar-refractivity contribution in [2.45, 2.75) is 13.3 Å². The van der Waals surface area contributed by atoms with Crippen molar-refractivity contribution >= 4 is 33.1 Å². The van der Waals surface area contributed by atoms with Gasteiger partial charge in [-0.3, -0.25) is 4.79 Å². The normalized spacial score (nSPS) is 13.0. The first-order valence-electron chi connectivity index (χ1n) is 9.09. The zero-order chi connectivity index (χ0) is 20.0. The van der Waals surface area contributed by atoms with Gasteiger partial charge in [0.25, 0.3) is 0 Å². The lowest BCUT2D eigenvalue weighted by Crippen LogP contribution is -2.33. The summed E-state index contributed by atoms with van der Waals surface area (Å²) in [7, 11) is 6.49. The average Bonchev–Trinajstić information content (AvgIpc) is 2.71. The molecule has 0 aromatic heterocycles. The highest BCUT2D eigenvalue weighted by molar-refractivity contribution is 6.22. The van der Waals surface area contributed by atoms with Gasteiger partial charge in [-0.15, -0.1) is 0 Å². The van der Waals surface area contributed by atoms with Crippen molar-refractivity contribution in [2.24, 2.45) is 0 Å². The maximum atomic E-state index is 12.3. The predicted molar refractivity (Wildman–Crippen MR) is 109 cm³/mol. The van der Waals surface area contributed by atoms with Gasteiger partial charge in [0.15, 0.2) is 23.0 Å². The van der Waals surface area contributed by atoms with E-state index in [1.54, 1.807) is 35.4 Å². The number of carbonyl (C=O) groups is 1. The van der Waals surface area contributed by atoms with Crippen molar-refractivity contribution in [3.8, 4) is 23.0 Å². The topological polar surface area (TPSA) is 57.2 Å². The summed E-state index contributed by atoms with van der Waals surface area (Å²) in [5, 5.41) is 3.66. The van der Waals surface area contributed by atoms with Crippen LogP contribution in [0.25, 0.3) is 21.5 Å². The zero-order valence-electron chi connectivity index (χ0n) is 16.7. The van der Waals surface area contributed by atoms with Gasteiger partial charge in [-0.1, -0.05) is 6.07 Å². The first kappa shape index (κ1) is 18.2. The second-order valence-electron chi connectivity index (χ2n) is 6.74. The van der Waals surface area contributed by atoms with Crippen LogP contribution in [-0.2, 0) is 11.2 Å². The lowest BCUT2D eigenvalue weighted by atomic mass is 9.90. The number of anilines is 1. The van der Waals surface area contributed by atoms with Crippen molar-refractivity contribution < 1.29 is 23.7 Å². The van der Waals surface area contributed by atoms with Crippen molar-refractivity contribution in [2.75, 3.05) is 39.9 Å². The maximum absolute atomic E-state index is 12.3. The van der Waals surface area contributed by atoms with E-state index in [9.17, 15) is 4.79 Å². The van der Waals surface area contributed by atoms with Crippen molar-refractivity contribution in [3.63, 3.8) is 0 Å². The molecular weight excluding hydrogens is 358 g/mol. The molecule has 6 nitrogen and oxygen atoms in total. The number of hydrogen-bond donors (Lipinski definition) is 0. The smallest absolute Gasteiger partial charge is 0.223 e. The fraction of sp³-hybridized carbons (Fsp3) is 0.318. The van der Waals surface area contributed by atoms with Crippen LogP contribution in [0.4, 0.5) is 5.69 Å². The molecule has 1 heterocycles. The number of amides is 1. The van der Waals surface area contributed by atoms with Crippen LogP contribution < -0.4 is 23.8 Å². The molecule has 0 unspecified atom stereocenters. The molecule has 0 bridgehead atoms. The van der Waals surface area contributed by atoms with Gasteiger partial charge in [0.2, 0.25) is 5.91 Å². The van der Waals surface area contributed by atoms with Gasteiger partial charge in [0.05, 0.1) is 34.1 Å². The van der Waals surface area contributed by atoms with Crippen LogP contribution >= 0.6 is 0 Å². The summed E-state index contributed by atoms with van der Waals surface area (Å²) in [5.74, 6) is 2.55. The third-order valence-corrected chi connectivity index (χ3v) is 5.40. The lowest BCUT2D eigenvalue weighted by Gasteiger charge is -2.31. The van der Waals surface area contributed by atoms with E-state index in [1.807, 2.05) is 29.2 Å². The fourth-order valence-electron chi connectivity index (χ4n) is 4.21. The number of ether oxygens (including phenoxy) is 4. The Labute approximate surface area is 163 Å². The molecule has 0 fully saturated rings. The molecule has 1 amide bonds. The van der Waals surface area contributed by atoms with Crippen molar-refractivity contribution in [1.82, 2.24) is 0 Å². The van der Waals surface area contributed by atoms with E-state index >= 15 is 0 Å². The summed E-state index contributed by atoms with van der Waals surface area (Å²) < 4.78 is 22.7. The monoisotopic (exact) mass is 381 g/mol. The minimum atomic E-state index is 0.0153. The molecule has 0 saturated carbocycles. The second kappa shape index (κ2) is 6.78. The maximum Gasteiger partial charge on any atom is 0.223 e. The van der Waals surface area contributed by atoms with Crippen LogP contribution in [0.3, 0.4) is 0 Å². The molecule has 4 rings (SSSR count). The molecule has 146 valence electrons. The summed E-state index contributed by atoms with van der Waals surface area (Å²) >= 11 is 0. The lowest BCUT2D eigenvalue weighted by molar-refractivity contribution is -0.116. The molecule has 3 aromatic rings. The molecule has 6 heteroatoms. The highest BCUT2D eigenvalue weighted by Gasteiger charge is 2.28. The molecule has 0 saturated heterocycles. The van der Waals surface area contributed by atoms with E-state index in [-0.39, 0.29) is 5.91 Å². The van der Waals surface area contributed by atoms with Gasteiger partial charge in [-0.25, -0.2) is 0 Å². The van der Waals surface area contributed by atoms with E-state index < -0.39 is 0 Å². The van der Waals surface area contributed by atoms with Crippen LogP contribution in [-0.4, -0.2) is 40.9 Å². The van der Waals surface area contributed by atoms with Crippen molar-refractivity contribution in [3.05, 3.63) is 29.8 Å². The number of nitrogens with zero attached hydrogens (tertiary/aromatic N) is 1. The van der Waals surface area contributed by atoms with Gasteiger partial charge >= 0.3 is 0 Å². The zero-order valence-corrected chi connectivity index (χ0v) is 16.7. The van der Waals surface area contributed by atoms with E-state index in [0.29, 0.717) is 29.5 Å². The molecule has 28 heavy (non-hydrogen) atoms. The molecule has 0 aliphatic carbocycles. The standard InChI is InChI=1S/C22H23NO5/c1-12(24)23-9-8-14-11-17(26-3)22(28-5)20-18(14)15(23)10-13-6-7-16(25-2)21(27-4)19(13)20/h6-7,10-11H,8-9H2,1-5H3. The Bertz CT molecular complexity index is 1110. The van der Waals surface area contributed by atoms with E-state index in [2.05, 4.69) is 0 Å². The number of fused-ring (bicyclic) bond motifs is 2. The fourth-order valence-corrected chi connectivity index (χ4v) is 4.21. The van der Waals surface area contributed by atoms with Gasteiger partial charge in [-0.05, 0) is 35.6 Å². The van der Waals surface area contributed by atoms with E-state index in [1.165, 1.54) is 0 Å². The van der Waals surface area contributed by atoms with Crippen molar-refractivity contribution in [1.29, 1.82) is 0 Å². The molecular formula is C22H23NO5. The van der Waals surface area contributed by atoms with Gasteiger partial charge in [0, 0.05) is 29.6 Å². The van der Waals surface area contributed by atoms with Crippen LogP contribution in [0.1, 0.15) is 12.5 Å². The Balaban J connectivity index is 2.30. The first-order valence-corrected chi connectivity index (χ1v) is 9.09. The molecule has 1 aliphatic heterocycles. The number of methoxy groups -OCH3 is 4. The number of benzene rings is 3. The van der Waals surface area contributed by atoms with Gasteiger partial charge in [0.1, 0.15) is 0 Å². The average molecular weight is 381 g/mol. The molecule has 0 atom stereocenters. The molecule has 0 radical (unpaired) electrons. The summed E-state index contributed by atoms with van der Waals surface area (Å²) in [6.45, 7) is 2.22. The highest BCUT2D eigenvalue weighted by Crippen LogP contribution is 2.51. The predicted octanol–water partition coefficient (Wildman–Crippen LogP) is 3.94. The third-order valence-electron chi connectivity index (χ3n) is 5.40. The highest BCUT2D eigenvalue weighted by atomic mass is 16.5. The van der Waals surface area contributed by atoms with Crippen LogP contribution in [0.5, 0.6) is 23.0 Å². The Morgan fingerprint density at radius 1 is 0.857 bits per heavy atom. The second-order valence-corrected chi connectivity index (χ2v) is 6.74. The van der Waals surface area contributed by atoms with Gasteiger partial charge < -0.3 is 23.8 Å². The van der Waals surface area contributed by atoms with Crippen LogP contribution in [0, 0.1) is 0 Å². The number of hydrogen-bond acceptors (Lipinski definition) is 5. The van der Waals surface area contributed by atoms with Gasteiger partial charge in [-0.2, -0.15) is 0 Å². The minimum Gasteiger partial charge on any atom is -0.493 e. The molecule has 0 spiro atoms. The Morgan fingerprint density at radius 3 is 2.14 bits per heavy atom. The summed E-state index contributed by atoms with van der Waals surface area (Å²) in [5.41, 5.74) is 2.00. The van der Waals surface area contributed by atoms with E-state index in [4.69, 9.17) is 18.9 Å². The largest absolute Gasteiger partial charge is 0.493 e. The molecule has 3 aromatic carbocycles. The Hall–Kier alpha value is -3.15. The van der Waals surface area contributed by atoms with E-state index in [0.717, 1.165) is 39.2 Å². The number of carbonyl (C=O) groups excluding carboxylic acids is 1. The third kappa shape index (κ3) is 2.44. The SMILES string of the molecule is COc1ccc2cc3c4c(cc(OC)c(OC)c4c2c1OC)CCN3C(C)=O. The minimum absolute atomic E-state index is 0.0153. The first-order chi connectivity index (χ1) is 13.5. The molecule has 1 aliphatic rings. The Morgan fingerprint density at radius 2 is 1.54 bits per heavy atom. The summed E-state index contributed by atoms with van der Waals surface area (Å²) in [6.07, 6.45) is 0.737. The summed E-state index contributed by atoms with van der Waals surface area (Å²) in [6, 6.07) is 7.88. The molecule has 0 N–H and O–H groups in total.